The van der Waals surface area contributed by atoms with Crippen molar-refractivity contribution in [2.24, 2.45) is 5.73 Å². The molecule has 0 spiro atoms. The predicted molar refractivity (Wildman–Crippen MR) is 79.4 cm³/mol. The van der Waals surface area contributed by atoms with Crippen LogP contribution in [0.5, 0.6) is 11.6 Å². The minimum absolute atomic E-state index is 0.239. The molecule has 0 radical (unpaired) electrons. The van der Waals surface area contributed by atoms with Gasteiger partial charge in [0.05, 0.1) is 10.0 Å². The molecule has 6 heteroatoms. The molecule has 92 valence electrons. The van der Waals surface area contributed by atoms with Crippen molar-refractivity contribution in [1.82, 2.24) is 4.98 Å². The van der Waals surface area contributed by atoms with E-state index in [-0.39, 0.29) is 4.99 Å². The molecule has 0 fully saturated rings. The lowest BCUT2D eigenvalue weighted by Gasteiger charge is -2.10. The van der Waals surface area contributed by atoms with Gasteiger partial charge in [0.2, 0.25) is 5.88 Å². The quantitative estimate of drug-likeness (QED) is 0.858. The van der Waals surface area contributed by atoms with Crippen LogP contribution in [0.2, 0.25) is 5.02 Å². The highest BCUT2D eigenvalue weighted by atomic mass is 79.9. The van der Waals surface area contributed by atoms with Gasteiger partial charge in [0, 0.05) is 11.2 Å². The van der Waals surface area contributed by atoms with Crippen LogP contribution < -0.4 is 10.5 Å². The Balaban J connectivity index is 2.37. The zero-order chi connectivity index (χ0) is 13.1. The topological polar surface area (TPSA) is 48.1 Å². The van der Waals surface area contributed by atoms with Crippen LogP contribution in [-0.4, -0.2) is 9.97 Å². The molecular weight excluding hydrogens is 336 g/mol. The molecule has 0 aliphatic heterocycles. The first-order valence-corrected chi connectivity index (χ1v) is 6.53. The maximum absolute atomic E-state index is 5.86. The summed E-state index contributed by atoms with van der Waals surface area (Å²) in [5, 5.41) is 0.616. The fraction of sp³-hybridized carbons (Fsp3) is 0. The Morgan fingerprint density at radius 2 is 2.17 bits per heavy atom. The van der Waals surface area contributed by atoms with E-state index in [9.17, 15) is 0 Å². The molecule has 1 heterocycles. The summed E-state index contributed by atoms with van der Waals surface area (Å²) in [6.07, 6.45) is 1.61. The van der Waals surface area contributed by atoms with Gasteiger partial charge in [-0.25, -0.2) is 4.98 Å². The molecule has 0 unspecified atom stereocenters. The third-order valence-corrected chi connectivity index (χ3v) is 3.21. The monoisotopic (exact) mass is 342 g/mol. The molecular formula is C12H8BrClN2OS. The zero-order valence-corrected chi connectivity index (χ0v) is 12.2. The Morgan fingerprint density at radius 1 is 1.39 bits per heavy atom. The van der Waals surface area contributed by atoms with E-state index in [1.807, 2.05) is 0 Å². The van der Waals surface area contributed by atoms with E-state index in [1.165, 1.54) is 0 Å². The minimum Gasteiger partial charge on any atom is -0.437 e. The van der Waals surface area contributed by atoms with E-state index in [4.69, 9.17) is 34.3 Å². The lowest BCUT2D eigenvalue weighted by Crippen LogP contribution is -2.11. The van der Waals surface area contributed by atoms with Gasteiger partial charge in [-0.15, -0.1) is 0 Å². The van der Waals surface area contributed by atoms with Crippen LogP contribution >= 0.6 is 39.7 Å². The second-order valence-electron chi connectivity index (χ2n) is 3.40. The third kappa shape index (κ3) is 2.98. The summed E-state index contributed by atoms with van der Waals surface area (Å²) in [4.78, 5) is 4.35. The Hall–Kier alpha value is -1.17. The number of ether oxygens (including phenoxy) is 1. The van der Waals surface area contributed by atoms with E-state index < -0.39 is 0 Å². The summed E-state index contributed by atoms with van der Waals surface area (Å²) < 4.78 is 6.40. The summed E-state index contributed by atoms with van der Waals surface area (Å²) in [5.74, 6) is 0.962. The number of halogens is 2. The van der Waals surface area contributed by atoms with Crippen molar-refractivity contribution in [2.75, 3.05) is 0 Å². The Bertz CT molecular complexity index is 606. The van der Waals surface area contributed by atoms with Gasteiger partial charge in [-0.1, -0.05) is 23.8 Å². The summed E-state index contributed by atoms with van der Waals surface area (Å²) in [5.41, 5.74) is 6.20. The number of rotatable bonds is 3. The maximum Gasteiger partial charge on any atom is 0.229 e. The number of thiocarbonyl (C=S) groups is 1. The van der Waals surface area contributed by atoms with Crippen molar-refractivity contribution in [2.45, 2.75) is 0 Å². The number of aromatic nitrogens is 1. The van der Waals surface area contributed by atoms with Gasteiger partial charge >= 0.3 is 0 Å². The summed E-state index contributed by atoms with van der Waals surface area (Å²) in [6, 6.07) is 8.71. The molecule has 2 N–H and O–H groups in total. The van der Waals surface area contributed by atoms with Crippen LogP contribution in [0.25, 0.3) is 0 Å². The molecule has 0 saturated heterocycles. The largest absolute Gasteiger partial charge is 0.437 e. The molecule has 2 rings (SSSR count). The number of pyridine rings is 1. The van der Waals surface area contributed by atoms with E-state index in [1.54, 1.807) is 36.5 Å². The lowest BCUT2D eigenvalue weighted by molar-refractivity contribution is 0.459. The van der Waals surface area contributed by atoms with Crippen LogP contribution in [0.15, 0.2) is 41.0 Å². The SMILES string of the molecule is NC(=S)c1cccnc1Oc1ccc(Cl)cc1Br. The highest BCUT2D eigenvalue weighted by molar-refractivity contribution is 9.10. The average molecular weight is 344 g/mol. The van der Waals surface area contributed by atoms with Gasteiger partial charge in [-0.3, -0.25) is 0 Å². The van der Waals surface area contributed by atoms with Crippen LogP contribution in [0.4, 0.5) is 0 Å². The fourth-order valence-electron chi connectivity index (χ4n) is 1.32. The zero-order valence-electron chi connectivity index (χ0n) is 9.06. The second-order valence-corrected chi connectivity index (χ2v) is 5.13. The van der Waals surface area contributed by atoms with E-state index >= 15 is 0 Å². The smallest absolute Gasteiger partial charge is 0.229 e. The molecule has 0 amide bonds. The van der Waals surface area contributed by atoms with Crippen molar-refractivity contribution in [3.63, 3.8) is 0 Å². The van der Waals surface area contributed by atoms with Crippen LogP contribution in [0.3, 0.4) is 0 Å². The Morgan fingerprint density at radius 3 is 2.83 bits per heavy atom. The molecule has 0 bridgehead atoms. The van der Waals surface area contributed by atoms with Gasteiger partial charge in [0.1, 0.15) is 10.7 Å². The van der Waals surface area contributed by atoms with E-state index in [0.29, 0.717) is 22.2 Å². The first-order valence-electron chi connectivity index (χ1n) is 4.95. The van der Waals surface area contributed by atoms with Crippen molar-refractivity contribution >= 4 is 44.7 Å². The van der Waals surface area contributed by atoms with E-state index in [2.05, 4.69) is 20.9 Å². The van der Waals surface area contributed by atoms with Crippen molar-refractivity contribution in [3.8, 4) is 11.6 Å². The summed E-state index contributed by atoms with van der Waals surface area (Å²) in [6.45, 7) is 0. The minimum atomic E-state index is 0.239. The maximum atomic E-state index is 5.86. The molecule has 3 nitrogen and oxygen atoms in total. The number of hydrogen-bond acceptors (Lipinski definition) is 3. The Kier molecular flexibility index (Phi) is 4.16. The van der Waals surface area contributed by atoms with E-state index in [0.717, 1.165) is 4.47 Å². The first-order chi connectivity index (χ1) is 8.58. The predicted octanol–water partition coefficient (Wildman–Crippen LogP) is 3.92. The molecule has 1 aromatic heterocycles. The number of nitrogens with zero attached hydrogens (tertiary/aromatic N) is 1. The Labute approximate surface area is 123 Å². The molecule has 0 saturated carbocycles. The molecule has 18 heavy (non-hydrogen) atoms. The van der Waals surface area contributed by atoms with Crippen molar-refractivity contribution in [3.05, 3.63) is 51.6 Å². The molecule has 0 atom stereocenters. The van der Waals surface area contributed by atoms with Gasteiger partial charge in [-0.05, 0) is 46.3 Å². The average Bonchev–Trinajstić information content (AvgIpc) is 2.33. The third-order valence-electron chi connectivity index (χ3n) is 2.14. The van der Waals surface area contributed by atoms with Gasteiger partial charge in [0.25, 0.3) is 0 Å². The van der Waals surface area contributed by atoms with Crippen LogP contribution in [0.1, 0.15) is 5.56 Å². The molecule has 2 aromatic rings. The van der Waals surface area contributed by atoms with Gasteiger partial charge in [0.15, 0.2) is 0 Å². The van der Waals surface area contributed by atoms with Crippen LogP contribution in [-0.2, 0) is 0 Å². The fourth-order valence-corrected chi connectivity index (χ4v) is 2.24. The molecule has 0 aliphatic rings. The van der Waals surface area contributed by atoms with Gasteiger partial charge in [-0.2, -0.15) is 0 Å². The molecule has 0 aliphatic carbocycles. The highest BCUT2D eigenvalue weighted by Crippen LogP contribution is 2.32. The normalized spacial score (nSPS) is 10.1. The van der Waals surface area contributed by atoms with Gasteiger partial charge < -0.3 is 10.5 Å². The second kappa shape index (κ2) is 5.65. The highest BCUT2D eigenvalue weighted by Gasteiger charge is 2.10. The molecule has 1 aromatic carbocycles. The summed E-state index contributed by atoms with van der Waals surface area (Å²) >= 11 is 14.2. The standard InChI is InChI=1S/C12H8BrClN2OS/c13-9-6-7(14)3-4-10(9)17-12-8(11(15)18)2-1-5-16-12/h1-6H,(H2,15,18). The number of nitrogens with two attached hydrogens (primary N) is 1. The lowest BCUT2D eigenvalue weighted by atomic mass is 10.2. The van der Waals surface area contributed by atoms with Crippen molar-refractivity contribution in [1.29, 1.82) is 0 Å². The number of hydrogen-bond donors (Lipinski definition) is 1. The first kappa shape index (κ1) is 13.3. The number of benzene rings is 1. The summed E-state index contributed by atoms with van der Waals surface area (Å²) in [7, 11) is 0. The van der Waals surface area contributed by atoms with Crippen molar-refractivity contribution < 1.29 is 4.74 Å². The van der Waals surface area contributed by atoms with Crippen LogP contribution in [0, 0.1) is 0 Å².